The van der Waals surface area contributed by atoms with E-state index in [4.69, 9.17) is 19.9 Å². The predicted octanol–water partition coefficient (Wildman–Crippen LogP) is 4.22. The number of ether oxygens (including phenoxy) is 3. The Hall–Kier alpha value is -2.95. The van der Waals surface area contributed by atoms with Gasteiger partial charge < -0.3 is 35.5 Å². The van der Waals surface area contributed by atoms with Crippen LogP contribution in [0.2, 0.25) is 0 Å². The number of aliphatic hydroxyl groups excluding tert-OH is 1. The molecule has 1 aromatic carbocycles. The van der Waals surface area contributed by atoms with E-state index in [1.807, 2.05) is 13.8 Å². The van der Waals surface area contributed by atoms with Gasteiger partial charge >= 0.3 is 6.09 Å². The second-order valence-electron chi connectivity index (χ2n) is 10.1. The van der Waals surface area contributed by atoms with Gasteiger partial charge in [-0.3, -0.25) is 4.79 Å². The number of anilines is 1. The van der Waals surface area contributed by atoms with E-state index in [1.54, 1.807) is 32.1 Å². The third kappa shape index (κ3) is 8.54. The molecule has 0 radical (unpaired) electrons. The topological polar surface area (TPSA) is 140 Å². The van der Waals surface area contributed by atoms with Crippen molar-refractivity contribution in [2.45, 2.75) is 77.8 Å². The van der Waals surface area contributed by atoms with Crippen molar-refractivity contribution >= 4 is 17.7 Å². The molecule has 0 saturated carbocycles. The van der Waals surface area contributed by atoms with Gasteiger partial charge in [-0.1, -0.05) is 26.0 Å². The molecule has 10 heteroatoms. The summed E-state index contributed by atoms with van der Waals surface area (Å²) < 4.78 is 31.1. The van der Waals surface area contributed by atoms with Crippen molar-refractivity contribution in [3.8, 4) is 5.75 Å². The highest BCUT2D eigenvalue weighted by Crippen LogP contribution is 2.31. The van der Waals surface area contributed by atoms with Crippen molar-refractivity contribution in [3.63, 3.8) is 0 Å². The van der Waals surface area contributed by atoms with Crippen LogP contribution in [0.4, 0.5) is 14.9 Å². The Kier molecular flexibility index (Phi) is 11.7. The van der Waals surface area contributed by atoms with E-state index < -0.39 is 48.0 Å². The van der Waals surface area contributed by atoms with Gasteiger partial charge in [0.05, 0.1) is 18.3 Å². The van der Waals surface area contributed by atoms with E-state index in [1.165, 1.54) is 14.2 Å². The molecule has 1 aliphatic rings. The number of amides is 2. The zero-order valence-corrected chi connectivity index (χ0v) is 23.0. The number of allylic oxidation sites excluding steroid dienone is 1. The summed E-state index contributed by atoms with van der Waals surface area (Å²) in [7, 11) is 2.99. The quantitative estimate of drug-likeness (QED) is 0.335. The molecule has 0 aromatic heterocycles. The van der Waals surface area contributed by atoms with Gasteiger partial charge in [-0.2, -0.15) is 0 Å². The Morgan fingerprint density at radius 2 is 1.82 bits per heavy atom. The molecule has 212 valence electrons. The average Bonchev–Trinajstić information content (AvgIpc) is 2.85. The molecular formula is C28H41FN2O7. The number of aromatic hydroxyl groups is 1. The molecule has 0 aliphatic carbocycles. The maximum atomic E-state index is 14.5. The molecule has 9 nitrogen and oxygen atoms in total. The minimum absolute atomic E-state index is 0.115. The highest BCUT2D eigenvalue weighted by molar-refractivity contribution is 6.03. The van der Waals surface area contributed by atoms with E-state index in [9.17, 15) is 24.2 Å². The number of hydrogen-bond donors (Lipinski definition) is 4. The van der Waals surface area contributed by atoms with Crippen LogP contribution in [0.3, 0.4) is 0 Å². The van der Waals surface area contributed by atoms with E-state index in [2.05, 4.69) is 5.32 Å². The Morgan fingerprint density at radius 1 is 1.16 bits per heavy atom. The molecule has 0 fully saturated rings. The Balaban J connectivity index is 2.51. The highest BCUT2D eigenvalue weighted by Gasteiger charge is 2.30. The van der Waals surface area contributed by atoms with Crippen molar-refractivity contribution in [1.29, 1.82) is 0 Å². The Morgan fingerprint density at radius 3 is 2.42 bits per heavy atom. The molecular weight excluding hydrogens is 495 g/mol. The van der Waals surface area contributed by atoms with E-state index in [0.717, 1.165) is 6.07 Å². The first kappa shape index (κ1) is 31.3. The smallest absolute Gasteiger partial charge is 0.405 e. The zero-order chi connectivity index (χ0) is 28.6. The fraction of sp³-hybridized carbons (Fsp3) is 0.571. The number of primary amides is 1. The third-order valence-corrected chi connectivity index (χ3v) is 6.94. The number of phenolic OH excluding ortho intramolecular Hbond substituents is 1. The van der Waals surface area contributed by atoms with Crippen LogP contribution in [0.1, 0.15) is 52.5 Å². The van der Waals surface area contributed by atoms with Crippen LogP contribution in [-0.4, -0.2) is 60.8 Å². The maximum absolute atomic E-state index is 14.5. The fourth-order valence-electron chi connectivity index (χ4n) is 4.83. The lowest BCUT2D eigenvalue weighted by atomic mass is 9.88. The Labute approximate surface area is 223 Å². The van der Waals surface area contributed by atoms with Crippen LogP contribution in [0.15, 0.2) is 35.4 Å². The second kappa shape index (κ2) is 14.3. The van der Waals surface area contributed by atoms with Crippen molar-refractivity contribution < 1.29 is 38.4 Å². The SMILES string of the molecule is CO[C@H]1C[C@H](C)Cc2cc(cc(F)c2O)NC(=O)C(C)=CCC[C@H](OC)[C@@H](OC(N)=O)C(C)=C[C@H](C)[C@H]1O. The number of fused-ring (bicyclic) bond motifs is 2. The number of hydrogen-bond acceptors (Lipinski definition) is 7. The van der Waals surface area contributed by atoms with E-state index >= 15 is 0 Å². The lowest BCUT2D eigenvalue weighted by molar-refractivity contribution is -0.112. The summed E-state index contributed by atoms with van der Waals surface area (Å²) in [6.45, 7) is 7.14. The van der Waals surface area contributed by atoms with Crippen LogP contribution in [0.25, 0.3) is 0 Å². The summed E-state index contributed by atoms with van der Waals surface area (Å²) >= 11 is 0. The van der Waals surface area contributed by atoms with Gasteiger partial charge in [0.15, 0.2) is 17.7 Å². The molecule has 0 spiro atoms. The van der Waals surface area contributed by atoms with E-state index in [0.29, 0.717) is 42.4 Å². The molecule has 2 bridgehead atoms. The fourth-order valence-corrected chi connectivity index (χ4v) is 4.83. The summed E-state index contributed by atoms with van der Waals surface area (Å²) in [6, 6.07) is 2.62. The molecule has 0 unspecified atom stereocenters. The standard InChI is InChI=1S/C28H41FN2O7/c1-15-10-19-13-20(14-21(29)25(19)33)31-27(34)16(2)8-7-9-22(36-5)26(38-28(30)35)18(4)12-17(3)24(32)23(11-15)37-6/h8,12-15,17,22-24,26,32-33H,7,9-11H2,1-6H3,(H2,30,35)(H,31,34)/t15-,17+,22+,23+,24-,26+/m1/s1. The second-order valence-corrected chi connectivity index (χ2v) is 10.1. The number of carbonyl (C=O) groups is 2. The monoisotopic (exact) mass is 536 g/mol. The van der Waals surface area contributed by atoms with Gasteiger partial charge in [0.25, 0.3) is 5.91 Å². The predicted molar refractivity (Wildman–Crippen MR) is 142 cm³/mol. The number of aliphatic hydroxyl groups is 1. The van der Waals surface area contributed by atoms with Crippen LogP contribution < -0.4 is 11.1 Å². The summed E-state index contributed by atoms with van der Waals surface area (Å²) in [5.41, 5.74) is 6.95. The number of carbonyl (C=O) groups excluding carboxylic acids is 2. The first-order valence-electron chi connectivity index (χ1n) is 12.7. The molecule has 1 aromatic rings. The molecule has 2 amide bonds. The van der Waals surface area contributed by atoms with Gasteiger partial charge in [0.2, 0.25) is 0 Å². The van der Waals surface area contributed by atoms with Gasteiger partial charge in [-0.15, -0.1) is 0 Å². The largest absolute Gasteiger partial charge is 0.505 e. The summed E-state index contributed by atoms with van der Waals surface area (Å²) in [5, 5.41) is 24.1. The molecule has 1 heterocycles. The van der Waals surface area contributed by atoms with Crippen molar-refractivity contribution in [2.24, 2.45) is 17.6 Å². The number of halogens is 1. The van der Waals surface area contributed by atoms with Crippen LogP contribution >= 0.6 is 0 Å². The number of nitrogens with one attached hydrogen (secondary N) is 1. The van der Waals surface area contributed by atoms with E-state index in [-0.39, 0.29) is 17.5 Å². The molecule has 38 heavy (non-hydrogen) atoms. The number of phenols is 1. The van der Waals surface area contributed by atoms with Crippen molar-refractivity contribution in [2.75, 3.05) is 19.5 Å². The molecule has 2 rings (SSSR count). The minimum atomic E-state index is -0.955. The molecule has 6 atom stereocenters. The minimum Gasteiger partial charge on any atom is -0.505 e. The number of benzene rings is 1. The van der Waals surface area contributed by atoms with Gasteiger partial charge in [0, 0.05) is 37.5 Å². The highest BCUT2D eigenvalue weighted by atomic mass is 19.1. The molecule has 5 N–H and O–H groups in total. The molecule has 0 saturated heterocycles. The summed E-state index contributed by atoms with van der Waals surface area (Å²) in [5.74, 6) is -2.23. The van der Waals surface area contributed by atoms with Crippen molar-refractivity contribution in [3.05, 3.63) is 46.8 Å². The first-order chi connectivity index (χ1) is 17.9. The van der Waals surface area contributed by atoms with Gasteiger partial charge in [-0.05, 0) is 62.7 Å². The normalized spacial score (nSPS) is 28.2. The maximum Gasteiger partial charge on any atom is 0.405 e. The average molecular weight is 537 g/mol. The zero-order valence-electron chi connectivity index (χ0n) is 23.0. The first-order valence-corrected chi connectivity index (χ1v) is 12.7. The Bertz CT molecular complexity index is 1040. The summed E-state index contributed by atoms with van der Waals surface area (Å²) in [4.78, 5) is 24.4. The van der Waals surface area contributed by atoms with Crippen molar-refractivity contribution in [1.82, 2.24) is 0 Å². The van der Waals surface area contributed by atoms with Crippen LogP contribution in [0, 0.1) is 17.7 Å². The van der Waals surface area contributed by atoms with Gasteiger partial charge in [0.1, 0.15) is 0 Å². The van der Waals surface area contributed by atoms with Crippen LogP contribution in [0.5, 0.6) is 5.75 Å². The third-order valence-electron chi connectivity index (χ3n) is 6.94. The number of nitrogens with two attached hydrogens (primary N) is 1. The number of rotatable bonds is 3. The molecule has 1 aliphatic heterocycles. The lowest BCUT2D eigenvalue weighted by Gasteiger charge is -2.30. The van der Waals surface area contributed by atoms with Gasteiger partial charge in [-0.25, -0.2) is 9.18 Å². The summed E-state index contributed by atoms with van der Waals surface area (Å²) in [6.07, 6.45) is 1.24. The lowest BCUT2D eigenvalue weighted by Crippen LogP contribution is -2.37. The number of methoxy groups -OCH3 is 2. The van der Waals surface area contributed by atoms with Crippen LogP contribution in [-0.2, 0) is 25.4 Å².